The molecule has 0 aromatic heterocycles. The number of benzene rings is 9. The molecule has 48 heavy (non-hydrogen) atoms. The predicted octanol–water partition coefficient (Wildman–Crippen LogP) is 14.0. The summed E-state index contributed by atoms with van der Waals surface area (Å²) in [5.41, 5.74) is 7.91. The average molecular weight is 617 g/mol. The number of hydrogen-bond donors (Lipinski definition) is 0. The molecule has 232 valence electrons. The van der Waals surface area contributed by atoms with Crippen molar-refractivity contribution in [3.05, 3.63) is 145 Å². The van der Waals surface area contributed by atoms with Gasteiger partial charge in [0.15, 0.2) is 0 Å². The molecule has 0 aliphatic heterocycles. The number of hydrogen-bond acceptors (Lipinski definition) is 0. The molecule has 0 unspecified atom stereocenters. The van der Waals surface area contributed by atoms with Crippen molar-refractivity contribution in [1.82, 2.24) is 0 Å². The lowest BCUT2D eigenvalue weighted by atomic mass is 9.78. The van der Waals surface area contributed by atoms with E-state index in [2.05, 4.69) is 175 Å². The van der Waals surface area contributed by atoms with Gasteiger partial charge in [0.1, 0.15) is 0 Å². The first-order chi connectivity index (χ1) is 23.1. The fraction of sp³-hybridized carbons (Fsp3) is 0.167. The molecular formula is C48H40. The van der Waals surface area contributed by atoms with Crippen molar-refractivity contribution in [3.63, 3.8) is 0 Å². The Labute approximate surface area is 283 Å². The monoisotopic (exact) mass is 616 g/mol. The van der Waals surface area contributed by atoms with Crippen molar-refractivity contribution in [2.75, 3.05) is 0 Å². The maximum atomic E-state index is 2.54. The van der Waals surface area contributed by atoms with Crippen LogP contribution in [0.4, 0.5) is 0 Å². The van der Waals surface area contributed by atoms with Gasteiger partial charge in [0.25, 0.3) is 0 Å². The molecule has 9 aromatic rings. The fourth-order valence-electron chi connectivity index (χ4n) is 8.12. The predicted molar refractivity (Wildman–Crippen MR) is 211 cm³/mol. The van der Waals surface area contributed by atoms with E-state index >= 15 is 0 Å². The van der Waals surface area contributed by atoms with E-state index in [-0.39, 0.29) is 10.8 Å². The lowest BCUT2D eigenvalue weighted by Gasteiger charge is -2.25. The van der Waals surface area contributed by atoms with Crippen LogP contribution in [0.25, 0.3) is 86.9 Å². The zero-order chi connectivity index (χ0) is 32.9. The quantitative estimate of drug-likeness (QED) is 0.134. The van der Waals surface area contributed by atoms with Gasteiger partial charge in [-0.05, 0) is 133 Å². The summed E-state index contributed by atoms with van der Waals surface area (Å²) in [5.74, 6) is 0. The molecule has 0 saturated heterocycles. The van der Waals surface area contributed by atoms with Crippen molar-refractivity contribution in [3.8, 4) is 22.3 Å². The Balaban J connectivity index is 1.60. The summed E-state index contributed by atoms with van der Waals surface area (Å²) in [6.07, 6.45) is 0. The second-order valence-electron chi connectivity index (χ2n) is 15.8. The van der Waals surface area contributed by atoms with Crippen molar-refractivity contribution in [2.45, 2.75) is 52.4 Å². The van der Waals surface area contributed by atoms with Gasteiger partial charge in [-0.25, -0.2) is 0 Å². The molecule has 0 N–H and O–H groups in total. The normalized spacial score (nSPS) is 12.8. The molecule has 0 radical (unpaired) electrons. The second-order valence-corrected chi connectivity index (χ2v) is 15.8. The smallest absolute Gasteiger partial charge is 0.00201 e. The van der Waals surface area contributed by atoms with Gasteiger partial charge < -0.3 is 0 Å². The minimum absolute atomic E-state index is 0.0267. The van der Waals surface area contributed by atoms with Crippen molar-refractivity contribution < 1.29 is 0 Å². The molecule has 0 atom stereocenters. The molecule has 0 heterocycles. The third kappa shape index (κ3) is 4.29. The number of rotatable bonds is 2. The highest BCUT2D eigenvalue weighted by Gasteiger charge is 2.24. The molecule has 0 heteroatoms. The molecule has 9 aromatic carbocycles. The molecule has 0 saturated carbocycles. The summed E-state index contributed by atoms with van der Waals surface area (Å²) in [4.78, 5) is 0. The van der Waals surface area contributed by atoms with Crippen LogP contribution in [0.2, 0.25) is 0 Å². The first kappa shape index (κ1) is 29.0. The van der Waals surface area contributed by atoms with E-state index in [1.807, 2.05) is 0 Å². The molecule has 0 aliphatic carbocycles. The van der Waals surface area contributed by atoms with Crippen LogP contribution in [0.5, 0.6) is 0 Å². The fourth-order valence-corrected chi connectivity index (χ4v) is 8.12. The van der Waals surface area contributed by atoms with E-state index in [1.54, 1.807) is 0 Å². The average Bonchev–Trinajstić information content (AvgIpc) is 3.08. The molecule has 0 amide bonds. The maximum absolute atomic E-state index is 2.54. The summed E-state index contributed by atoms with van der Waals surface area (Å²) in [6, 6.07) is 50.6. The Morgan fingerprint density at radius 1 is 0.312 bits per heavy atom. The van der Waals surface area contributed by atoms with Gasteiger partial charge in [-0.2, -0.15) is 0 Å². The van der Waals surface area contributed by atoms with Crippen LogP contribution in [0, 0.1) is 0 Å². The minimum Gasteiger partial charge on any atom is -0.0622 e. The van der Waals surface area contributed by atoms with Crippen molar-refractivity contribution in [2.24, 2.45) is 0 Å². The van der Waals surface area contributed by atoms with Crippen LogP contribution in [0.3, 0.4) is 0 Å². The Hall–Kier alpha value is -5.20. The molecule has 0 fully saturated rings. The molecule has 0 bridgehead atoms. The summed E-state index contributed by atoms with van der Waals surface area (Å²) in [5, 5.41) is 16.0. The van der Waals surface area contributed by atoms with E-state index in [1.165, 1.54) is 98.0 Å². The Bertz CT molecular complexity index is 2510. The van der Waals surface area contributed by atoms with Crippen LogP contribution < -0.4 is 0 Å². The third-order valence-electron chi connectivity index (χ3n) is 10.6. The Kier molecular flexibility index (Phi) is 6.13. The van der Waals surface area contributed by atoms with Crippen molar-refractivity contribution in [1.29, 1.82) is 0 Å². The van der Waals surface area contributed by atoms with Gasteiger partial charge in [-0.15, -0.1) is 0 Å². The van der Waals surface area contributed by atoms with E-state index in [0.29, 0.717) is 0 Å². The summed E-state index contributed by atoms with van der Waals surface area (Å²) in [6.45, 7) is 14.0. The van der Waals surface area contributed by atoms with Crippen LogP contribution in [-0.2, 0) is 10.8 Å². The first-order valence-corrected chi connectivity index (χ1v) is 17.3. The van der Waals surface area contributed by atoms with Gasteiger partial charge in [0.05, 0.1) is 0 Å². The molecular weight excluding hydrogens is 577 g/mol. The highest BCUT2D eigenvalue weighted by Crippen LogP contribution is 2.49. The summed E-state index contributed by atoms with van der Waals surface area (Å²) < 4.78 is 0. The zero-order valence-corrected chi connectivity index (χ0v) is 28.7. The highest BCUT2D eigenvalue weighted by atomic mass is 14.3. The van der Waals surface area contributed by atoms with E-state index in [9.17, 15) is 0 Å². The van der Waals surface area contributed by atoms with Gasteiger partial charge in [-0.1, -0.05) is 151 Å². The zero-order valence-electron chi connectivity index (χ0n) is 28.7. The van der Waals surface area contributed by atoms with Crippen LogP contribution in [0.15, 0.2) is 133 Å². The lowest BCUT2D eigenvalue weighted by Crippen LogP contribution is -2.12. The van der Waals surface area contributed by atoms with Gasteiger partial charge in [0, 0.05) is 0 Å². The minimum atomic E-state index is 0.0267. The SMILES string of the molecule is CC(C)(C)c1cc2ccc3cc(C(C)(C)C)cc4c5cc6c(-c7ccccc7)c7ccccc7c(-c7ccccc7)c6cc5c(c1)c2c34. The Morgan fingerprint density at radius 2 is 0.688 bits per heavy atom. The van der Waals surface area contributed by atoms with Crippen molar-refractivity contribution >= 4 is 64.6 Å². The largest absolute Gasteiger partial charge is 0.0622 e. The van der Waals surface area contributed by atoms with E-state index in [4.69, 9.17) is 0 Å². The molecule has 0 nitrogen and oxygen atoms in total. The maximum Gasteiger partial charge on any atom is -0.00201 e. The number of fused-ring (bicyclic) bond motifs is 5. The molecule has 0 spiro atoms. The molecule has 0 aliphatic rings. The van der Waals surface area contributed by atoms with Crippen LogP contribution in [-0.4, -0.2) is 0 Å². The topological polar surface area (TPSA) is 0 Å². The summed E-state index contributed by atoms with van der Waals surface area (Å²) >= 11 is 0. The van der Waals surface area contributed by atoms with Crippen LogP contribution >= 0.6 is 0 Å². The third-order valence-corrected chi connectivity index (χ3v) is 10.6. The van der Waals surface area contributed by atoms with Gasteiger partial charge in [0.2, 0.25) is 0 Å². The molecule has 9 rings (SSSR count). The Morgan fingerprint density at radius 3 is 1.06 bits per heavy atom. The summed E-state index contributed by atoms with van der Waals surface area (Å²) in [7, 11) is 0. The van der Waals surface area contributed by atoms with E-state index in [0.717, 1.165) is 0 Å². The lowest BCUT2D eigenvalue weighted by molar-refractivity contribution is 0.591. The first-order valence-electron chi connectivity index (χ1n) is 17.3. The van der Waals surface area contributed by atoms with Gasteiger partial charge in [-0.3, -0.25) is 0 Å². The van der Waals surface area contributed by atoms with E-state index < -0.39 is 0 Å². The standard InChI is InChI=1S/C48H40/c1-47(2,3)33-23-31-21-22-32-24-34(48(4,5)6)26-40-38-28-42-41(27-37(38)39(25-33)45(31)46(32)40)43(29-15-9-7-10-16-29)35-19-13-14-20-36(35)44(42)30-17-11-8-12-18-30/h7-28H,1-6H3. The second kappa shape index (κ2) is 10.1. The van der Waals surface area contributed by atoms with Gasteiger partial charge >= 0.3 is 0 Å². The van der Waals surface area contributed by atoms with Crippen LogP contribution in [0.1, 0.15) is 52.7 Å². The highest BCUT2D eigenvalue weighted by molar-refractivity contribution is 6.36.